The van der Waals surface area contributed by atoms with E-state index < -0.39 is 10.8 Å². The summed E-state index contributed by atoms with van der Waals surface area (Å²) in [5.41, 5.74) is 0. The molecule has 0 atom stereocenters. The SMILES string of the molecule is I.O=C(O)C(F)(F)Br. The summed E-state index contributed by atoms with van der Waals surface area (Å²) in [6.45, 7) is 0. The summed E-state index contributed by atoms with van der Waals surface area (Å²) in [6, 6.07) is 0. The second kappa shape index (κ2) is 3.54. The van der Waals surface area contributed by atoms with Crippen LogP contribution in [0.2, 0.25) is 0 Å². The summed E-state index contributed by atoms with van der Waals surface area (Å²) < 4.78 is 22.3. The number of aliphatic carboxylic acids is 1. The van der Waals surface area contributed by atoms with Gasteiger partial charge in [-0.1, -0.05) is 0 Å². The van der Waals surface area contributed by atoms with Gasteiger partial charge in [0.25, 0.3) is 0 Å². The van der Waals surface area contributed by atoms with E-state index in [1.54, 1.807) is 15.9 Å². The van der Waals surface area contributed by atoms with Gasteiger partial charge in [-0.25, -0.2) is 4.79 Å². The van der Waals surface area contributed by atoms with Gasteiger partial charge in [-0.05, 0) is 0 Å². The molecule has 1 N–H and O–H groups in total. The Morgan fingerprint density at radius 2 is 1.75 bits per heavy atom. The first-order chi connectivity index (χ1) is 2.94. The molecule has 8 heavy (non-hydrogen) atoms. The zero-order valence-corrected chi connectivity index (χ0v) is 7.31. The van der Waals surface area contributed by atoms with Crippen molar-refractivity contribution in [3.05, 3.63) is 0 Å². The Morgan fingerprint density at radius 1 is 1.62 bits per heavy atom. The third-order valence-corrected chi connectivity index (χ3v) is 0.582. The summed E-state index contributed by atoms with van der Waals surface area (Å²) in [5, 5.41) is 7.45. The maximum Gasteiger partial charge on any atom is 0.395 e. The lowest BCUT2D eigenvalue weighted by Gasteiger charge is -1.96. The minimum atomic E-state index is -3.77. The van der Waals surface area contributed by atoms with Crippen molar-refractivity contribution in [2.75, 3.05) is 0 Å². The molecule has 0 radical (unpaired) electrons. The first-order valence-corrected chi connectivity index (χ1v) is 2.04. The normalized spacial score (nSPS) is 9.88. The van der Waals surface area contributed by atoms with Crippen molar-refractivity contribution in [2.45, 2.75) is 4.83 Å². The fraction of sp³-hybridized carbons (Fsp3) is 0.500. The quantitative estimate of drug-likeness (QED) is 0.591. The number of halogens is 4. The van der Waals surface area contributed by atoms with Crippen LogP contribution in [0.15, 0.2) is 0 Å². The predicted octanol–water partition coefficient (Wildman–Crippen LogP) is 1.68. The molecule has 0 aromatic heterocycles. The van der Waals surface area contributed by atoms with Gasteiger partial charge in [-0.2, -0.15) is 8.78 Å². The van der Waals surface area contributed by atoms with Crippen LogP contribution < -0.4 is 0 Å². The van der Waals surface area contributed by atoms with Gasteiger partial charge in [-0.3, -0.25) is 0 Å². The van der Waals surface area contributed by atoms with Gasteiger partial charge in [0.15, 0.2) is 0 Å². The van der Waals surface area contributed by atoms with E-state index in [-0.39, 0.29) is 24.0 Å². The highest BCUT2D eigenvalue weighted by Gasteiger charge is 2.34. The van der Waals surface area contributed by atoms with Gasteiger partial charge in [0.1, 0.15) is 0 Å². The molecule has 0 unspecified atom stereocenters. The van der Waals surface area contributed by atoms with Gasteiger partial charge in [0.05, 0.1) is 0 Å². The Bertz CT molecular complexity index is 90.5. The van der Waals surface area contributed by atoms with Gasteiger partial charge in [-0.15, -0.1) is 24.0 Å². The number of carboxylic acids is 1. The van der Waals surface area contributed by atoms with E-state index in [4.69, 9.17) is 5.11 Å². The molecule has 6 heteroatoms. The summed E-state index contributed by atoms with van der Waals surface area (Å²) in [7, 11) is 0. The van der Waals surface area contributed by atoms with E-state index in [0.717, 1.165) is 0 Å². The fourth-order valence-corrected chi connectivity index (χ4v) is 0. The first kappa shape index (κ1) is 11.4. The average molecular weight is 303 g/mol. The van der Waals surface area contributed by atoms with Crippen molar-refractivity contribution in [1.29, 1.82) is 0 Å². The number of carbonyl (C=O) groups is 1. The van der Waals surface area contributed by atoms with E-state index in [9.17, 15) is 13.6 Å². The number of carboxylic acid groups (broad SMARTS) is 1. The Labute approximate surface area is 69.4 Å². The van der Waals surface area contributed by atoms with Gasteiger partial charge in [0, 0.05) is 15.9 Å². The van der Waals surface area contributed by atoms with Gasteiger partial charge < -0.3 is 5.11 Å². The van der Waals surface area contributed by atoms with Crippen LogP contribution in [0, 0.1) is 0 Å². The highest BCUT2D eigenvalue weighted by Crippen LogP contribution is 2.20. The topological polar surface area (TPSA) is 37.3 Å². The van der Waals surface area contributed by atoms with E-state index in [1.165, 1.54) is 0 Å². The molecule has 0 bridgehead atoms. The molecule has 0 saturated heterocycles. The largest absolute Gasteiger partial charge is 0.476 e. The molecule has 0 aliphatic rings. The summed E-state index contributed by atoms with van der Waals surface area (Å²) >= 11 is 1.61. The molecular formula is C2H2BrF2IO2. The number of alkyl halides is 3. The maximum atomic E-state index is 11.2. The molecule has 0 aliphatic heterocycles. The number of hydrogen-bond donors (Lipinski definition) is 1. The van der Waals surface area contributed by atoms with Crippen LogP contribution in [0.5, 0.6) is 0 Å². The maximum absolute atomic E-state index is 11.2. The highest BCUT2D eigenvalue weighted by atomic mass is 127. The second-order valence-electron chi connectivity index (χ2n) is 0.803. The van der Waals surface area contributed by atoms with Crippen LogP contribution in [0.3, 0.4) is 0 Å². The Morgan fingerprint density at radius 3 is 1.75 bits per heavy atom. The lowest BCUT2D eigenvalue weighted by atomic mass is 10.7. The predicted molar refractivity (Wildman–Crippen MR) is 36.9 cm³/mol. The van der Waals surface area contributed by atoms with Crippen molar-refractivity contribution >= 4 is 45.9 Å². The van der Waals surface area contributed by atoms with Crippen LogP contribution in [0.1, 0.15) is 0 Å². The third-order valence-electron chi connectivity index (χ3n) is 0.243. The molecule has 0 spiro atoms. The van der Waals surface area contributed by atoms with E-state index in [0.29, 0.717) is 0 Å². The first-order valence-electron chi connectivity index (χ1n) is 1.24. The minimum absolute atomic E-state index is 0. The zero-order chi connectivity index (χ0) is 6.08. The van der Waals surface area contributed by atoms with Gasteiger partial charge >= 0.3 is 10.8 Å². The molecule has 0 saturated carbocycles. The van der Waals surface area contributed by atoms with Crippen molar-refractivity contribution < 1.29 is 18.7 Å². The van der Waals surface area contributed by atoms with Crippen LogP contribution >= 0.6 is 39.9 Å². The van der Waals surface area contributed by atoms with Crippen molar-refractivity contribution in [2.24, 2.45) is 0 Å². The van der Waals surface area contributed by atoms with E-state index in [1.807, 2.05) is 0 Å². The molecule has 0 amide bonds. The van der Waals surface area contributed by atoms with Crippen molar-refractivity contribution in [1.82, 2.24) is 0 Å². The Balaban J connectivity index is 0. The summed E-state index contributed by atoms with van der Waals surface area (Å²) in [6.07, 6.45) is 0. The molecule has 0 aliphatic carbocycles. The van der Waals surface area contributed by atoms with Crippen molar-refractivity contribution in [3.8, 4) is 0 Å². The molecule has 50 valence electrons. The Kier molecular flexibility index (Phi) is 5.03. The highest BCUT2D eigenvalue weighted by molar-refractivity contribution is 14.0. The second-order valence-corrected chi connectivity index (χ2v) is 1.80. The lowest BCUT2D eigenvalue weighted by Crippen LogP contribution is -2.18. The van der Waals surface area contributed by atoms with Crippen LogP contribution in [-0.4, -0.2) is 15.9 Å². The molecule has 0 aromatic rings. The van der Waals surface area contributed by atoms with E-state index in [2.05, 4.69) is 0 Å². The molecule has 2 nitrogen and oxygen atoms in total. The summed E-state index contributed by atoms with van der Waals surface area (Å²) in [5.74, 6) is -2.17. The number of rotatable bonds is 1. The zero-order valence-electron chi connectivity index (χ0n) is 3.40. The van der Waals surface area contributed by atoms with Crippen LogP contribution in [0.4, 0.5) is 8.78 Å². The lowest BCUT2D eigenvalue weighted by molar-refractivity contribution is -0.152. The van der Waals surface area contributed by atoms with E-state index >= 15 is 0 Å². The van der Waals surface area contributed by atoms with Crippen LogP contribution in [0.25, 0.3) is 0 Å². The summed E-state index contributed by atoms with van der Waals surface area (Å²) in [4.78, 5) is 5.45. The third kappa shape index (κ3) is 4.69. The average Bonchev–Trinajstić information content (AvgIpc) is 1.31. The standard InChI is InChI=1S/C2HBrF2O2.HI/c3-2(4,5)1(6)7;/h(H,6,7);1H. The van der Waals surface area contributed by atoms with Crippen LogP contribution in [-0.2, 0) is 4.79 Å². The molecule has 0 rings (SSSR count). The van der Waals surface area contributed by atoms with Gasteiger partial charge in [0.2, 0.25) is 0 Å². The molecule has 0 fully saturated rings. The fourth-order valence-electron chi connectivity index (χ4n) is 0. The number of hydrogen-bond acceptors (Lipinski definition) is 1. The smallest absolute Gasteiger partial charge is 0.395 e. The molecule has 0 aromatic carbocycles. The molecular weight excluding hydrogens is 301 g/mol. The van der Waals surface area contributed by atoms with Crippen molar-refractivity contribution in [3.63, 3.8) is 0 Å². The Hall–Kier alpha value is 0.540. The monoisotopic (exact) mass is 302 g/mol. The minimum Gasteiger partial charge on any atom is -0.476 e. The molecule has 0 heterocycles.